The summed E-state index contributed by atoms with van der Waals surface area (Å²) in [7, 11) is 0. The van der Waals surface area contributed by atoms with Gasteiger partial charge in [0.2, 0.25) is 0 Å². The van der Waals surface area contributed by atoms with Crippen LogP contribution in [-0.2, 0) is 0 Å². The maximum absolute atomic E-state index is 15.8. The molecule has 4 aromatic carbocycles. The van der Waals surface area contributed by atoms with E-state index in [-0.39, 0.29) is 0 Å². The van der Waals surface area contributed by atoms with Crippen LogP contribution >= 0.6 is 90.4 Å². The summed E-state index contributed by atoms with van der Waals surface area (Å²) in [6.45, 7) is 0. The molecule has 0 atom stereocenters. The third kappa shape index (κ3) is 5.03. The molecule has 0 N–H and O–H groups in total. The van der Waals surface area contributed by atoms with Gasteiger partial charge in [0.15, 0.2) is 46.5 Å². The Balaban J connectivity index is 2.69. The minimum Gasteiger partial charge on any atom is -0.207 e. The summed E-state index contributed by atoms with van der Waals surface area (Å²) in [6, 6.07) is 0. The topological polar surface area (TPSA) is 0 Å². The van der Waals surface area contributed by atoms with Crippen molar-refractivity contribution in [2.24, 2.45) is 0 Å². The van der Waals surface area contributed by atoms with Gasteiger partial charge in [-0.05, 0) is 90.4 Å². The Hall–Kier alpha value is -1.26. The zero-order valence-corrected chi connectivity index (χ0v) is 28.8. The van der Waals surface area contributed by atoms with E-state index in [2.05, 4.69) is 0 Å². The largest absolute Gasteiger partial charge is 0.207 e. The maximum atomic E-state index is 15.8. The van der Waals surface area contributed by atoms with Crippen LogP contribution in [0.1, 0.15) is 0 Å². The number of halogens is 20. The van der Waals surface area contributed by atoms with Crippen LogP contribution in [0.2, 0.25) is 0 Å². The highest BCUT2D eigenvalue weighted by molar-refractivity contribution is 14.1. The molecular weight excluding hydrogens is 1110 g/mol. The molecule has 0 radical (unpaired) electrons. The summed E-state index contributed by atoms with van der Waals surface area (Å²) in [5, 5.41) is 0. The van der Waals surface area contributed by atoms with E-state index < -0.39 is 135 Å². The molecule has 4 aromatic rings. The van der Waals surface area contributed by atoms with Crippen molar-refractivity contribution in [3.8, 4) is 0 Å². The number of benzene rings is 4. The van der Waals surface area contributed by atoms with Crippen LogP contribution < -0.4 is 21.9 Å². The summed E-state index contributed by atoms with van der Waals surface area (Å²) in [5.41, 5.74) is -11.9. The van der Waals surface area contributed by atoms with Crippen LogP contribution in [0.3, 0.4) is 0 Å². The SMILES string of the molecule is Fc1c(F)c([B-](c2c(F)c(F)c(I)c(F)c2F)(c2c(F)c(F)c(I)c(F)c2F)c2c(F)c(F)c(I)c(F)c2F)c(F)c(F)c1I. The molecule has 0 aliphatic rings. The highest BCUT2D eigenvalue weighted by Gasteiger charge is 2.51. The molecule has 4 rings (SSSR count). The average Bonchev–Trinajstić information content (AvgIpc) is 3.00. The lowest BCUT2D eigenvalue weighted by Crippen LogP contribution is -2.81. The second-order valence-corrected chi connectivity index (χ2v) is 13.1. The molecule has 21 heteroatoms. The molecule has 0 aromatic heterocycles. The van der Waals surface area contributed by atoms with Gasteiger partial charge in [0.25, 0.3) is 0 Å². The first-order valence-electron chi connectivity index (χ1n) is 10.9. The van der Waals surface area contributed by atoms with E-state index >= 15 is 35.1 Å². The summed E-state index contributed by atoms with van der Waals surface area (Å²) >= 11 is 2.25. The lowest BCUT2D eigenvalue weighted by molar-refractivity contribution is 0.444. The van der Waals surface area contributed by atoms with Crippen molar-refractivity contribution in [3.05, 3.63) is 107 Å². The van der Waals surface area contributed by atoms with Crippen molar-refractivity contribution in [1.82, 2.24) is 0 Å². The van der Waals surface area contributed by atoms with Gasteiger partial charge in [0.05, 0.1) is 14.3 Å². The van der Waals surface area contributed by atoms with E-state index in [1.165, 1.54) is 0 Å². The van der Waals surface area contributed by atoms with Crippen molar-refractivity contribution < 1.29 is 70.2 Å². The number of hydrogen-bond donors (Lipinski definition) is 0. The lowest BCUT2D eigenvalue weighted by Gasteiger charge is -2.45. The first kappa shape index (κ1) is 36.6. The third-order valence-electron chi connectivity index (χ3n) is 6.71. The normalized spacial score (nSPS) is 12.0. The van der Waals surface area contributed by atoms with Crippen LogP contribution in [-0.4, -0.2) is 6.15 Å². The fraction of sp³-hybridized carbons (Fsp3) is 0. The minimum absolute atomic E-state index is 0.564. The van der Waals surface area contributed by atoms with Gasteiger partial charge in [0.1, 0.15) is 52.7 Å². The summed E-state index contributed by atoms with van der Waals surface area (Å²) in [4.78, 5) is 0. The second-order valence-electron chi connectivity index (χ2n) is 8.80. The van der Waals surface area contributed by atoms with Crippen LogP contribution in [0.15, 0.2) is 0 Å². The summed E-state index contributed by atoms with van der Waals surface area (Å²) < 4.78 is 240. The van der Waals surface area contributed by atoms with Crippen molar-refractivity contribution in [2.45, 2.75) is 0 Å². The van der Waals surface area contributed by atoms with E-state index in [9.17, 15) is 35.1 Å². The van der Waals surface area contributed by atoms with Gasteiger partial charge in [-0.25, -0.2) is 70.2 Å². The Bertz CT molecular complexity index is 1580. The van der Waals surface area contributed by atoms with Crippen LogP contribution in [0.25, 0.3) is 0 Å². The van der Waals surface area contributed by atoms with Gasteiger partial charge < -0.3 is 0 Å². The lowest BCUT2D eigenvalue weighted by atomic mass is 9.12. The van der Waals surface area contributed by atoms with E-state index in [1.54, 1.807) is 0 Å². The van der Waals surface area contributed by atoms with Gasteiger partial charge >= 0.3 is 0 Å². The molecule has 0 saturated carbocycles. The van der Waals surface area contributed by atoms with Crippen molar-refractivity contribution in [1.29, 1.82) is 0 Å². The Morgan fingerprint density at radius 3 is 0.444 bits per heavy atom. The van der Waals surface area contributed by atoms with Gasteiger partial charge in [0, 0.05) is 0 Å². The fourth-order valence-corrected chi connectivity index (χ4v) is 6.77. The van der Waals surface area contributed by atoms with Crippen LogP contribution in [0, 0.1) is 107 Å². The van der Waals surface area contributed by atoms with Gasteiger partial charge in [-0.15, -0.1) is 21.9 Å². The number of rotatable bonds is 4. The third-order valence-corrected chi connectivity index (χ3v) is 10.5. The second kappa shape index (κ2) is 12.6. The molecule has 0 aliphatic heterocycles. The van der Waals surface area contributed by atoms with Gasteiger partial charge in [-0.1, -0.05) is 0 Å². The molecule has 0 saturated heterocycles. The molecule has 0 fully saturated rings. The molecule has 0 nitrogen and oxygen atoms in total. The van der Waals surface area contributed by atoms with Crippen molar-refractivity contribution in [3.63, 3.8) is 0 Å². The monoisotopic (exact) mass is 1110 g/mol. The molecule has 0 aliphatic carbocycles. The van der Waals surface area contributed by atoms with Gasteiger partial charge in [-0.3, -0.25) is 0 Å². The predicted molar refractivity (Wildman–Crippen MR) is 160 cm³/mol. The minimum atomic E-state index is -6.56. The standard InChI is InChI=1S/C24BF16I4/c26-5-1(6(27)14(35)21(42)13(5)34)25(2-7(28)15(36)22(43)16(37)8(2)29,3-9(30)17(38)23(44)18(39)10(3)31)4-11(32)19(40)24(45)20(41)12(4)33/q-1. The van der Waals surface area contributed by atoms with Crippen LogP contribution in [0.4, 0.5) is 70.2 Å². The Kier molecular flexibility index (Phi) is 10.3. The number of hydrogen-bond acceptors (Lipinski definition) is 0. The smallest absolute Gasteiger partial charge is 0.172 e. The van der Waals surface area contributed by atoms with Gasteiger partial charge in [-0.2, -0.15) is 0 Å². The quantitative estimate of drug-likeness (QED) is 0.0647. The molecule has 0 bridgehead atoms. The molecule has 45 heavy (non-hydrogen) atoms. The van der Waals surface area contributed by atoms with E-state index in [0.717, 1.165) is 0 Å². The van der Waals surface area contributed by atoms with E-state index in [1.807, 2.05) is 0 Å². The molecule has 240 valence electrons. The van der Waals surface area contributed by atoms with E-state index in [0.29, 0.717) is 90.4 Å². The maximum Gasteiger partial charge on any atom is 0.172 e. The van der Waals surface area contributed by atoms with Crippen molar-refractivity contribution >= 4 is 118 Å². The fourth-order valence-electron chi connectivity index (χ4n) is 4.87. The highest BCUT2D eigenvalue weighted by atomic mass is 127. The zero-order valence-electron chi connectivity index (χ0n) is 20.1. The molecular formula is C24BF16I4-. The predicted octanol–water partition coefficient (Wildman–Crippen LogP) is 7.71. The summed E-state index contributed by atoms with van der Waals surface area (Å²) in [6.07, 6.45) is -6.56. The van der Waals surface area contributed by atoms with E-state index in [4.69, 9.17) is 0 Å². The first-order valence-corrected chi connectivity index (χ1v) is 15.2. The Morgan fingerprint density at radius 1 is 0.222 bits per heavy atom. The Morgan fingerprint density at radius 2 is 0.333 bits per heavy atom. The Labute approximate surface area is 293 Å². The van der Waals surface area contributed by atoms with Crippen LogP contribution in [0.5, 0.6) is 0 Å². The first-order chi connectivity index (χ1) is 20.7. The van der Waals surface area contributed by atoms with Crippen molar-refractivity contribution in [2.75, 3.05) is 0 Å². The molecule has 0 heterocycles. The summed E-state index contributed by atoms with van der Waals surface area (Å²) in [5.74, 6) is -45.9. The molecule has 0 amide bonds. The molecule has 0 spiro atoms. The average molecular weight is 1110 g/mol. The molecule has 0 unspecified atom stereocenters. The highest BCUT2D eigenvalue weighted by Crippen LogP contribution is 2.32. The zero-order chi connectivity index (χ0) is 34.4.